The van der Waals surface area contributed by atoms with E-state index in [1.165, 1.54) is 0 Å². The minimum atomic E-state index is -0.898. The fourth-order valence-corrected chi connectivity index (χ4v) is 1.89. The highest BCUT2D eigenvalue weighted by Crippen LogP contribution is 2.19. The molecule has 1 amide bonds. The molecule has 0 radical (unpaired) electrons. The smallest absolute Gasteiger partial charge is 0.309 e. The lowest BCUT2D eigenvalue weighted by atomic mass is 9.90. The molecular weight excluding hydrogens is 300 g/mol. The largest absolute Gasteiger partial charge is 0.481 e. The van der Waals surface area contributed by atoms with Gasteiger partial charge in [-0.1, -0.05) is 5.16 Å². The molecule has 0 atom stereocenters. The molecule has 0 aliphatic carbocycles. The van der Waals surface area contributed by atoms with Gasteiger partial charge in [-0.05, 0) is 32.8 Å². The van der Waals surface area contributed by atoms with Crippen molar-refractivity contribution in [1.82, 2.24) is 20.3 Å². The summed E-state index contributed by atoms with van der Waals surface area (Å²) in [4.78, 5) is 23.0. The molecule has 0 fully saturated rings. The van der Waals surface area contributed by atoms with Gasteiger partial charge in [-0.15, -0.1) is 0 Å². The minimum absolute atomic E-state index is 0.164. The standard InChI is InChI=1S/C15H20N4O4/c1-10-7-17-19(8-10)9-11-6-12(18-23-11)13(20)16-5-4-15(2,3)14(21)22/h6-8H,4-5,9H2,1-3H3,(H,16,20)(H,21,22). The molecule has 124 valence electrons. The lowest BCUT2D eigenvalue weighted by Gasteiger charge is -2.18. The molecule has 0 aliphatic heterocycles. The fourth-order valence-electron chi connectivity index (χ4n) is 1.89. The highest BCUT2D eigenvalue weighted by Gasteiger charge is 2.26. The highest BCUT2D eigenvalue weighted by atomic mass is 16.5. The number of nitrogens with zero attached hydrogens (tertiary/aromatic N) is 3. The van der Waals surface area contributed by atoms with Crippen molar-refractivity contribution in [2.45, 2.75) is 33.7 Å². The number of carbonyl (C=O) groups excluding carboxylic acids is 1. The average Bonchev–Trinajstić information content (AvgIpc) is 3.08. The van der Waals surface area contributed by atoms with Gasteiger partial charge in [0, 0.05) is 18.8 Å². The summed E-state index contributed by atoms with van der Waals surface area (Å²) >= 11 is 0. The first-order valence-corrected chi connectivity index (χ1v) is 7.24. The molecule has 23 heavy (non-hydrogen) atoms. The average molecular weight is 320 g/mol. The van der Waals surface area contributed by atoms with Crippen molar-refractivity contribution >= 4 is 11.9 Å². The van der Waals surface area contributed by atoms with Crippen LogP contribution in [0.5, 0.6) is 0 Å². The predicted octanol–water partition coefficient (Wildman–Crippen LogP) is 1.46. The maximum absolute atomic E-state index is 12.0. The van der Waals surface area contributed by atoms with Crippen LogP contribution in [-0.4, -0.2) is 38.5 Å². The zero-order valence-corrected chi connectivity index (χ0v) is 13.4. The Bertz CT molecular complexity index is 702. The number of carboxylic acid groups (broad SMARTS) is 1. The van der Waals surface area contributed by atoms with E-state index in [1.54, 1.807) is 30.8 Å². The van der Waals surface area contributed by atoms with E-state index in [9.17, 15) is 9.59 Å². The van der Waals surface area contributed by atoms with Gasteiger partial charge in [-0.3, -0.25) is 14.3 Å². The van der Waals surface area contributed by atoms with Crippen molar-refractivity contribution in [2.24, 2.45) is 5.41 Å². The molecular formula is C15H20N4O4. The molecule has 8 nitrogen and oxygen atoms in total. The van der Waals surface area contributed by atoms with Gasteiger partial charge in [0.05, 0.1) is 11.6 Å². The number of amides is 1. The first kappa shape index (κ1) is 16.7. The number of rotatable bonds is 7. The van der Waals surface area contributed by atoms with Gasteiger partial charge >= 0.3 is 5.97 Å². The van der Waals surface area contributed by atoms with Crippen molar-refractivity contribution in [2.75, 3.05) is 6.54 Å². The number of aryl methyl sites for hydroxylation is 1. The third kappa shape index (κ3) is 4.41. The van der Waals surface area contributed by atoms with Crippen molar-refractivity contribution < 1.29 is 19.2 Å². The van der Waals surface area contributed by atoms with E-state index in [0.717, 1.165) is 5.56 Å². The Morgan fingerprint density at radius 3 is 2.78 bits per heavy atom. The molecule has 0 saturated carbocycles. The molecule has 2 heterocycles. The zero-order chi connectivity index (χ0) is 17.0. The quantitative estimate of drug-likeness (QED) is 0.799. The molecule has 2 rings (SSSR count). The normalized spacial score (nSPS) is 11.4. The molecule has 0 bridgehead atoms. The van der Waals surface area contributed by atoms with Gasteiger partial charge in [0.25, 0.3) is 5.91 Å². The Balaban J connectivity index is 1.87. The van der Waals surface area contributed by atoms with Crippen molar-refractivity contribution in [3.8, 4) is 0 Å². The third-order valence-electron chi connectivity index (χ3n) is 3.49. The van der Waals surface area contributed by atoms with Crippen LogP contribution < -0.4 is 5.32 Å². The summed E-state index contributed by atoms with van der Waals surface area (Å²) in [7, 11) is 0. The first-order chi connectivity index (χ1) is 10.8. The van der Waals surface area contributed by atoms with Crippen LogP contribution in [0.4, 0.5) is 0 Å². The summed E-state index contributed by atoms with van der Waals surface area (Å²) in [5.41, 5.74) is 0.306. The number of aromatic nitrogens is 3. The van der Waals surface area contributed by atoms with Crippen molar-refractivity contribution in [3.63, 3.8) is 0 Å². The van der Waals surface area contributed by atoms with E-state index in [4.69, 9.17) is 9.63 Å². The summed E-state index contributed by atoms with van der Waals surface area (Å²) < 4.78 is 6.81. The molecule has 8 heteroatoms. The third-order valence-corrected chi connectivity index (χ3v) is 3.49. The second-order valence-electron chi connectivity index (χ2n) is 6.09. The molecule has 0 aromatic carbocycles. The van der Waals surface area contributed by atoms with E-state index in [1.807, 2.05) is 13.1 Å². The summed E-state index contributed by atoms with van der Waals surface area (Å²) in [6.45, 7) is 5.80. The van der Waals surface area contributed by atoms with Crippen molar-refractivity contribution in [1.29, 1.82) is 0 Å². The van der Waals surface area contributed by atoms with Crippen molar-refractivity contribution in [3.05, 3.63) is 35.5 Å². The van der Waals surface area contributed by atoms with Crippen LogP contribution in [-0.2, 0) is 11.3 Å². The number of carbonyl (C=O) groups is 2. The van der Waals surface area contributed by atoms with Crippen LogP contribution in [0.2, 0.25) is 0 Å². The van der Waals surface area contributed by atoms with Gasteiger partial charge in [0.15, 0.2) is 11.5 Å². The van der Waals surface area contributed by atoms with E-state index >= 15 is 0 Å². The predicted molar refractivity (Wildman–Crippen MR) is 80.9 cm³/mol. The molecule has 2 N–H and O–H groups in total. The van der Waals surface area contributed by atoms with E-state index in [-0.39, 0.29) is 12.2 Å². The molecule has 0 aliphatic rings. The maximum Gasteiger partial charge on any atom is 0.309 e. The van der Waals surface area contributed by atoms with E-state index < -0.39 is 17.3 Å². The van der Waals surface area contributed by atoms with Crippen LogP contribution in [0.15, 0.2) is 23.0 Å². The summed E-state index contributed by atoms with van der Waals surface area (Å²) in [5.74, 6) is -0.771. The van der Waals surface area contributed by atoms with Gasteiger partial charge < -0.3 is 14.9 Å². The zero-order valence-electron chi connectivity index (χ0n) is 13.4. The number of carboxylic acids is 1. The van der Waals surface area contributed by atoms with Gasteiger partial charge in [-0.2, -0.15) is 5.10 Å². The fraction of sp³-hybridized carbons (Fsp3) is 0.467. The van der Waals surface area contributed by atoms with Crippen LogP contribution in [0.1, 0.15) is 42.1 Å². The molecule has 0 unspecified atom stereocenters. The van der Waals surface area contributed by atoms with E-state index in [0.29, 0.717) is 18.7 Å². The monoisotopic (exact) mass is 320 g/mol. The lowest BCUT2D eigenvalue weighted by molar-refractivity contribution is -0.147. The first-order valence-electron chi connectivity index (χ1n) is 7.24. The second-order valence-corrected chi connectivity index (χ2v) is 6.09. The summed E-state index contributed by atoms with van der Waals surface area (Å²) in [5, 5.41) is 19.5. The lowest BCUT2D eigenvalue weighted by Crippen LogP contribution is -2.32. The van der Waals surface area contributed by atoms with Gasteiger partial charge in [0.2, 0.25) is 0 Å². The summed E-state index contributed by atoms with van der Waals surface area (Å²) in [6.07, 6.45) is 3.91. The van der Waals surface area contributed by atoms with E-state index in [2.05, 4.69) is 15.6 Å². The van der Waals surface area contributed by atoms with Crippen LogP contribution >= 0.6 is 0 Å². The van der Waals surface area contributed by atoms with Gasteiger partial charge in [0.1, 0.15) is 6.54 Å². The van der Waals surface area contributed by atoms with Crippen LogP contribution in [0.25, 0.3) is 0 Å². The Kier molecular flexibility index (Phi) is 4.83. The number of hydrogen-bond acceptors (Lipinski definition) is 5. The highest BCUT2D eigenvalue weighted by molar-refractivity contribution is 5.92. The molecule has 0 spiro atoms. The Morgan fingerprint density at radius 1 is 1.43 bits per heavy atom. The minimum Gasteiger partial charge on any atom is -0.481 e. The molecule has 2 aromatic rings. The number of aliphatic carboxylic acids is 1. The SMILES string of the molecule is Cc1cnn(Cc2cc(C(=O)NCCC(C)(C)C(=O)O)no2)c1. The van der Waals surface area contributed by atoms with Crippen LogP contribution in [0.3, 0.4) is 0 Å². The maximum atomic E-state index is 12.0. The Morgan fingerprint density at radius 2 is 2.17 bits per heavy atom. The summed E-state index contributed by atoms with van der Waals surface area (Å²) in [6, 6.07) is 1.55. The van der Waals surface area contributed by atoms with Crippen LogP contribution in [0, 0.1) is 12.3 Å². The number of nitrogens with one attached hydrogen (secondary N) is 1. The topological polar surface area (TPSA) is 110 Å². The second kappa shape index (κ2) is 6.64. The molecule has 2 aromatic heterocycles. The number of hydrogen-bond donors (Lipinski definition) is 2. The molecule has 0 saturated heterocycles. The Labute approximate surface area is 133 Å². The van der Waals surface area contributed by atoms with Gasteiger partial charge in [-0.25, -0.2) is 0 Å². The Hall–Kier alpha value is -2.64.